The minimum atomic E-state index is -0.0552. The number of aromatic nitrogens is 3. The molecular formula is C17H22ClN5O. The van der Waals surface area contributed by atoms with Crippen molar-refractivity contribution in [3.8, 4) is 5.69 Å². The Bertz CT molecular complexity index is 694. The van der Waals surface area contributed by atoms with Crippen molar-refractivity contribution in [3.05, 3.63) is 41.2 Å². The fourth-order valence-corrected chi connectivity index (χ4v) is 3.27. The Hall–Kier alpha value is -1.92. The summed E-state index contributed by atoms with van der Waals surface area (Å²) in [5, 5.41) is 11.8. The van der Waals surface area contributed by atoms with Gasteiger partial charge in [0.05, 0.1) is 16.9 Å². The predicted molar refractivity (Wildman–Crippen MR) is 93.5 cm³/mol. The Morgan fingerprint density at radius 2 is 2.08 bits per heavy atom. The first kappa shape index (κ1) is 16.9. The zero-order valence-electron chi connectivity index (χ0n) is 13.8. The third-order valence-electron chi connectivity index (χ3n) is 4.52. The van der Waals surface area contributed by atoms with Crippen LogP contribution in [-0.4, -0.2) is 52.5 Å². The molecule has 1 N–H and O–H groups in total. The lowest BCUT2D eigenvalue weighted by Crippen LogP contribution is -2.39. The SMILES string of the molecule is CNCCC1CCN(C(=O)c2cn(-c3ccccc3Cl)nn2)CC1. The van der Waals surface area contributed by atoms with E-state index in [2.05, 4.69) is 15.6 Å². The van der Waals surface area contributed by atoms with Crippen molar-refractivity contribution in [1.82, 2.24) is 25.2 Å². The number of carbonyl (C=O) groups excluding carboxylic acids is 1. The number of carbonyl (C=O) groups is 1. The second-order valence-electron chi connectivity index (χ2n) is 6.13. The Morgan fingerprint density at radius 1 is 1.33 bits per heavy atom. The van der Waals surface area contributed by atoms with Crippen molar-refractivity contribution in [2.24, 2.45) is 5.92 Å². The van der Waals surface area contributed by atoms with Crippen molar-refractivity contribution in [1.29, 1.82) is 0 Å². The minimum absolute atomic E-state index is 0.0552. The van der Waals surface area contributed by atoms with Crippen LogP contribution in [0.1, 0.15) is 29.8 Å². The van der Waals surface area contributed by atoms with Gasteiger partial charge < -0.3 is 10.2 Å². The number of nitrogens with zero attached hydrogens (tertiary/aromatic N) is 4. The third-order valence-corrected chi connectivity index (χ3v) is 4.84. The molecule has 2 aromatic rings. The van der Waals surface area contributed by atoms with E-state index < -0.39 is 0 Å². The van der Waals surface area contributed by atoms with Gasteiger partial charge in [-0.3, -0.25) is 4.79 Å². The molecule has 0 saturated carbocycles. The van der Waals surface area contributed by atoms with Gasteiger partial charge in [0.15, 0.2) is 5.69 Å². The maximum Gasteiger partial charge on any atom is 0.276 e. The lowest BCUT2D eigenvalue weighted by molar-refractivity contribution is 0.0681. The van der Waals surface area contributed by atoms with Gasteiger partial charge in [-0.15, -0.1) is 5.10 Å². The average Bonchev–Trinajstić information content (AvgIpc) is 3.10. The molecule has 0 spiro atoms. The second kappa shape index (κ2) is 7.77. The quantitative estimate of drug-likeness (QED) is 0.902. The number of benzene rings is 1. The normalized spacial score (nSPS) is 15.7. The molecule has 1 aliphatic rings. The summed E-state index contributed by atoms with van der Waals surface area (Å²) in [5.74, 6) is 0.640. The fraction of sp³-hybridized carbons (Fsp3) is 0.471. The molecule has 1 aromatic heterocycles. The van der Waals surface area contributed by atoms with Gasteiger partial charge in [-0.05, 0) is 50.9 Å². The lowest BCUT2D eigenvalue weighted by atomic mass is 9.93. The number of hydrogen-bond donors (Lipinski definition) is 1. The van der Waals surface area contributed by atoms with Gasteiger partial charge in [-0.2, -0.15) is 0 Å². The largest absolute Gasteiger partial charge is 0.337 e. The van der Waals surface area contributed by atoms with E-state index in [4.69, 9.17) is 11.6 Å². The van der Waals surface area contributed by atoms with Crippen LogP contribution in [0.4, 0.5) is 0 Å². The number of rotatable bonds is 5. The van der Waals surface area contributed by atoms with E-state index in [1.807, 2.05) is 30.1 Å². The molecule has 2 heterocycles. The summed E-state index contributed by atoms with van der Waals surface area (Å²) < 4.78 is 1.55. The number of hydrogen-bond acceptors (Lipinski definition) is 4. The zero-order chi connectivity index (χ0) is 16.9. The Labute approximate surface area is 146 Å². The van der Waals surface area contributed by atoms with Gasteiger partial charge >= 0.3 is 0 Å². The van der Waals surface area contributed by atoms with Crippen LogP contribution in [0.15, 0.2) is 30.5 Å². The molecule has 0 atom stereocenters. The molecule has 6 nitrogen and oxygen atoms in total. The van der Waals surface area contributed by atoms with E-state index >= 15 is 0 Å². The van der Waals surface area contributed by atoms with Crippen LogP contribution in [-0.2, 0) is 0 Å². The van der Waals surface area contributed by atoms with Crippen LogP contribution in [0.25, 0.3) is 5.69 Å². The molecule has 1 fully saturated rings. The summed E-state index contributed by atoms with van der Waals surface area (Å²) in [6, 6.07) is 7.36. The van der Waals surface area contributed by atoms with Crippen LogP contribution >= 0.6 is 11.6 Å². The topological polar surface area (TPSA) is 63.1 Å². The van der Waals surface area contributed by atoms with E-state index in [-0.39, 0.29) is 5.91 Å². The number of likely N-dealkylation sites (tertiary alicyclic amines) is 1. The molecule has 1 aromatic carbocycles. The Balaban J connectivity index is 1.64. The van der Waals surface area contributed by atoms with E-state index in [0.29, 0.717) is 16.6 Å². The highest BCUT2D eigenvalue weighted by molar-refractivity contribution is 6.32. The van der Waals surface area contributed by atoms with Gasteiger partial charge in [0.2, 0.25) is 0 Å². The van der Waals surface area contributed by atoms with Crippen molar-refractivity contribution in [2.45, 2.75) is 19.3 Å². The molecule has 7 heteroatoms. The van der Waals surface area contributed by atoms with E-state index in [1.54, 1.807) is 16.9 Å². The Morgan fingerprint density at radius 3 is 2.79 bits per heavy atom. The molecule has 1 saturated heterocycles. The number of para-hydroxylation sites is 1. The van der Waals surface area contributed by atoms with Crippen molar-refractivity contribution in [2.75, 3.05) is 26.7 Å². The zero-order valence-corrected chi connectivity index (χ0v) is 14.5. The maximum absolute atomic E-state index is 12.6. The maximum atomic E-state index is 12.6. The Kier molecular flexibility index (Phi) is 5.48. The highest BCUT2D eigenvalue weighted by atomic mass is 35.5. The van der Waals surface area contributed by atoms with Gasteiger partial charge in [-0.1, -0.05) is 28.9 Å². The number of nitrogens with one attached hydrogen (secondary N) is 1. The fourth-order valence-electron chi connectivity index (χ4n) is 3.05. The standard InChI is InChI=1S/C17H22ClN5O/c1-19-9-6-13-7-10-22(11-8-13)17(24)15-12-23(21-20-15)16-5-3-2-4-14(16)18/h2-5,12-13,19H,6-11H2,1H3. The van der Waals surface area contributed by atoms with Crippen molar-refractivity contribution in [3.63, 3.8) is 0 Å². The van der Waals surface area contributed by atoms with E-state index in [9.17, 15) is 4.79 Å². The molecule has 3 rings (SSSR count). The first-order chi connectivity index (χ1) is 11.7. The molecule has 128 valence electrons. The first-order valence-electron chi connectivity index (χ1n) is 8.30. The van der Waals surface area contributed by atoms with Gasteiger partial charge in [0.25, 0.3) is 5.91 Å². The van der Waals surface area contributed by atoms with Crippen LogP contribution in [0.5, 0.6) is 0 Å². The second-order valence-corrected chi connectivity index (χ2v) is 6.53. The summed E-state index contributed by atoms with van der Waals surface area (Å²) in [6.45, 7) is 2.60. The van der Waals surface area contributed by atoms with Crippen LogP contribution in [0, 0.1) is 5.92 Å². The van der Waals surface area contributed by atoms with Crippen molar-refractivity contribution >= 4 is 17.5 Å². The summed E-state index contributed by atoms with van der Waals surface area (Å²) in [6.07, 6.45) is 4.91. The van der Waals surface area contributed by atoms with E-state index in [0.717, 1.165) is 38.2 Å². The number of halogens is 1. The molecule has 0 unspecified atom stereocenters. The van der Waals surface area contributed by atoms with Gasteiger partial charge in [-0.25, -0.2) is 4.68 Å². The molecular weight excluding hydrogens is 326 g/mol. The summed E-state index contributed by atoms with van der Waals surface area (Å²) in [5.41, 5.74) is 1.08. The number of amides is 1. The van der Waals surface area contributed by atoms with Crippen LogP contribution in [0.2, 0.25) is 5.02 Å². The first-order valence-corrected chi connectivity index (χ1v) is 8.68. The summed E-state index contributed by atoms with van der Waals surface area (Å²) in [7, 11) is 1.97. The molecule has 1 amide bonds. The minimum Gasteiger partial charge on any atom is -0.337 e. The number of piperidine rings is 1. The summed E-state index contributed by atoms with van der Waals surface area (Å²) >= 11 is 6.16. The molecule has 0 radical (unpaired) electrons. The third kappa shape index (κ3) is 3.76. The monoisotopic (exact) mass is 347 g/mol. The smallest absolute Gasteiger partial charge is 0.276 e. The lowest BCUT2D eigenvalue weighted by Gasteiger charge is -2.31. The van der Waals surface area contributed by atoms with Crippen LogP contribution in [0.3, 0.4) is 0 Å². The van der Waals surface area contributed by atoms with Gasteiger partial charge in [0.1, 0.15) is 0 Å². The molecule has 0 aliphatic carbocycles. The summed E-state index contributed by atoms with van der Waals surface area (Å²) in [4.78, 5) is 14.5. The molecule has 1 aliphatic heterocycles. The van der Waals surface area contributed by atoms with Crippen molar-refractivity contribution < 1.29 is 4.79 Å². The highest BCUT2D eigenvalue weighted by Gasteiger charge is 2.25. The molecule has 24 heavy (non-hydrogen) atoms. The van der Waals surface area contributed by atoms with Crippen LogP contribution < -0.4 is 5.32 Å². The molecule has 0 bridgehead atoms. The van der Waals surface area contributed by atoms with Gasteiger partial charge in [0, 0.05) is 13.1 Å². The predicted octanol–water partition coefficient (Wildman–Crippen LogP) is 2.38. The average molecular weight is 348 g/mol. The highest BCUT2D eigenvalue weighted by Crippen LogP contribution is 2.22. The van der Waals surface area contributed by atoms with E-state index in [1.165, 1.54) is 6.42 Å².